The molecule has 0 fully saturated rings. The zero-order chi connectivity index (χ0) is 12.5. The Kier molecular flexibility index (Phi) is 2.33. The summed E-state index contributed by atoms with van der Waals surface area (Å²) in [5.74, 6) is -0.0755. The first kappa shape index (κ1) is 10.5. The van der Waals surface area contributed by atoms with Crippen molar-refractivity contribution in [2.75, 3.05) is 5.73 Å². The summed E-state index contributed by atoms with van der Waals surface area (Å²) in [6.45, 7) is 0. The summed E-state index contributed by atoms with van der Waals surface area (Å²) < 4.78 is 14.0. The van der Waals surface area contributed by atoms with E-state index in [1.54, 1.807) is 6.07 Å². The van der Waals surface area contributed by atoms with Crippen molar-refractivity contribution in [1.29, 1.82) is 0 Å². The van der Waals surface area contributed by atoms with Gasteiger partial charge in [0.05, 0.1) is 5.52 Å². The van der Waals surface area contributed by atoms with Crippen LogP contribution in [0.5, 0.6) is 0 Å². The van der Waals surface area contributed by atoms with Crippen LogP contribution in [-0.2, 0) is 0 Å². The summed E-state index contributed by atoms with van der Waals surface area (Å²) in [5, 5.41) is 0.609. The Morgan fingerprint density at radius 2 is 1.78 bits per heavy atom. The van der Waals surface area contributed by atoms with Crippen LogP contribution < -0.4 is 5.73 Å². The monoisotopic (exact) mass is 241 g/mol. The Morgan fingerprint density at radius 3 is 2.56 bits per heavy atom. The van der Waals surface area contributed by atoms with Gasteiger partial charge in [-0.05, 0) is 6.07 Å². The van der Waals surface area contributed by atoms with Crippen LogP contribution >= 0.6 is 0 Å². The van der Waals surface area contributed by atoms with Crippen LogP contribution in [0.3, 0.4) is 0 Å². The Balaban J connectivity index is 2.31. The Morgan fingerprint density at radius 1 is 1.00 bits per heavy atom. The van der Waals surface area contributed by atoms with Gasteiger partial charge in [0, 0.05) is 35.0 Å². The average Bonchev–Trinajstić information content (AvgIpc) is 2.39. The molecule has 0 spiro atoms. The van der Waals surface area contributed by atoms with Crippen molar-refractivity contribution in [2.45, 2.75) is 0 Å². The van der Waals surface area contributed by atoms with Crippen LogP contribution in [0.25, 0.3) is 22.0 Å². The molecule has 5 nitrogen and oxygen atoms in total. The van der Waals surface area contributed by atoms with Crippen LogP contribution in [0.15, 0.2) is 37.2 Å². The summed E-state index contributed by atoms with van der Waals surface area (Å²) in [7, 11) is 0. The first-order chi connectivity index (χ1) is 8.75. The third-order valence-corrected chi connectivity index (χ3v) is 2.63. The molecular formula is C12H8FN5. The maximum absolute atomic E-state index is 14.0. The van der Waals surface area contributed by atoms with Gasteiger partial charge in [0.1, 0.15) is 24.3 Å². The number of rotatable bonds is 1. The van der Waals surface area contributed by atoms with E-state index in [-0.39, 0.29) is 0 Å². The number of aromatic nitrogens is 4. The molecule has 0 radical (unpaired) electrons. The number of anilines is 1. The molecular weight excluding hydrogens is 233 g/mol. The van der Waals surface area contributed by atoms with E-state index >= 15 is 0 Å². The Hall–Kier alpha value is -2.63. The second kappa shape index (κ2) is 3.99. The third-order valence-electron chi connectivity index (χ3n) is 2.63. The molecule has 6 heteroatoms. The van der Waals surface area contributed by atoms with E-state index in [4.69, 9.17) is 5.73 Å². The minimum Gasteiger partial charge on any atom is -0.383 e. The topological polar surface area (TPSA) is 77.6 Å². The normalized spacial score (nSPS) is 10.7. The summed E-state index contributed by atoms with van der Waals surface area (Å²) in [4.78, 5) is 15.6. The number of fused-ring (bicyclic) bond motifs is 1. The van der Waals surface area contributed by atoms with Gasteiger partial charge < -0.3 is 5.73 Å². The summed E-state index contributed by atoms with van der Waals surface area (Å²) in [6.07, 6.45) is 5.77. The fourth-order valence-corrected chi connectivity index (χ4v) is 1.76. The number of benzene rings is 1. The molecule has 0 unspecified atom stereocenters. The fraction of sp³-hybridized carbons (Fsp3) is 0. The second-order valence-corrected chi connectivity index (χ2v) is 3.74. The number of hydrogen-bond acceptors (Lipinski definition) is 5. The van der Waals surface area contributed by atoms with Gasteiger partial charge in [0.25, 0.3) is 0 Å². The maximum atomic E-state index is 14.0. The molecule has 0 amide bonds. The van der Waals surface area contributed by atoms with Gasteiger partial charge in [-0.15, -0.1) is 0 Å². The smallest absolute Gasteiger partial charge is 0.134 e. The molecule has 3 rings (SSSR count). The highest BCUT2D eigenvalue weighted by Gasteiger charge is 2.10. The van der Waals surface area contributed by atoms with Crippen molar-refractivity contribution in [3.8, 4) is 11.1 Å². The first-order valence-electron chi connectivity index (χ1n) is 5.21. The predicted molar refractivity (Wildman–Crippen MR) is 64.9 cm³/mol. The van der Waals surface area contributed by atoms with Crippen LogP contribution in [-0.4, -0.2) is 19.9 Å². The molecule has 18 heavy (non-hydrogen) atoms. The first-order valence-corrected chi connectivity index (χ1v) is 5.21. The highest BCUT2D eigenvalue weighted by molar-refractivity contribution is 5.91. The van der Waals surface area contributed by atoms with Crippen LogP contribution in [0.1, 0.15) is 0 Å². The lowest BCUT2D eigenvalue weighted by molar-refractivity contribution is 0.632. The van der Waals surface area contributed by atoms with E-state index in [0.29, 0.717) is 27.8 Å². The van der Waals surface area contributed by atoms with E-state index < -0.39 is 5.82 Å². The molecule has 0 aliphatic rings. The predicted octanol–water partition coefficient (Wildman–Crippen LogP) is 1.81. The summed E-state index contributed by atoms with van der Waals surface area (Å²) in [6, 6.07) is 2.94. The Bertz CT molecular complexity index is 714. The fourth-order valence-electron chi connectivity index (χ4n) is 1.76. The molecule has 2 heterocycles. The van der Waals surface area contributed by atoms with Gasteiger partial charge in [0.15, 0.2) is 0 Å². The molecule has 0 aliphatic heterocycles. The van der Waals surface area contributed by atoms with Gasteiger partial charge in [-0.25, -0.2) is 24.3 Å². The number of halogens is 1. The second-order valence-electron chi connectivity index (χ2n) is 3.74. The third kappa shape index (κ3) is 1.64. The SMILES string of the molecule is Nc1ncnc2cc(F)c(-c3cncnc3)cc12. The van der Waals surface area contributed by atoms with E-state index in [1.165, 1.54) is 31.1 Å². The standard InChI is InChI=1S/C12H8FN5/c13-10-2-11-9(12(14)18-6-17-11)1-8(10)7-3-15-5-16-4-7/h1-6H,(H2,14,17,18). The van der Waals surface area contributed by atoms with Crippen molar-refractivity contribution >= 4 is 16.7 Å². The lowest BCUT2D eigenvalue weighted by Crippen LogP contribution is -1.95. The average molecular weight is 241 g/mol. The molecule has 0 atom stereocenters. The molecule has 2 N–H and O–H groups in total. The van der Waals surface area contributed by atoms with Crippen molar-refractivity contribution < 1.29 is 4.39 Å². The van der Waals surface area contributed by atoms with Crippen molar-refractivity contribution in [2.24, 2.45) is 0 Å². The minimum absolute atomic E-state index is 0.318. The molecule has 0 saturated heterocycles. The minimum atomic E-state index is -0.393. The van der Waals surface area contributed by atoms with Crippen LogP contribution in [0.4, 0.5) is 10.2 Å². The highest BCUT2D eigenvalue weighted by Crippen LogP contribution is 2.27. The van der Waals surface area contributed by atoms with Crippen LogP contribution in [0.2, 0.25) is 0 Å². The largest absolute Gasteiger partial charge is 0.383 e. The lowest BCUT2D eigenvalue weighted by Gasteiger charge is -2.06. The molecule has 0 saturated carbocycles. The van der Waals surface area contributed by atoms with Crippen molar-refractivity contribution in [3.05, 3.63) is 43.0 Å². The van der Waals surface area contributed by atoms with Gasteiger partial charge in [-0.1, -0.05) is 0 Å². The highest BCUT2D eigenvalue weighted by atomic mass is 19.1. The number of nitrogens with two attached hydrogens (primary N) is 1. The number of hydrogen-bond donors (Lipinski definition) is 1. The zero-order valence-electron chi connectivity index (χ0n) is 9.21. The number of nitrogens with zero attached hydrogens (tertiary/aromatic N) is 4. The van der Waals surface area contributed by atoms with E-state index in [9.17, 15) is 4.39 Å². The maximum Gasteiger partial charge on any atom is 0.134 e. The molecule has 2 aromatic heterocycles. The molecule has 3 aromatic rings. The molecule has 88 valence electrons. The quantitative estimate of drug-likeness (QED) is 0.703. The number of nitrogen functional groups attached to an aromatic ring is 1. The summed E-state index contributed by atoms with van der Waals surface area (Å²) >= 11 is 0. The van der Waals surface area contributed by atoms with E-state index in [0.717, 1.165) is 0 Å². The van der Waals surface area contributed by atoms with Gasteiger partial charge in [0.2, 0.25) is 0 Å². The van der Waals surface area contributed by atoms with Crippen molar-refractivity contribution in [3.63, 3.8) is 0 Å². The van der Waals surface area contributed by atoms with Gasteiger partial charge in [-0.2, -0.15) is 0 Å². The van der Waals surface area contributed by atoms with E-state index in [1.807, 2.05) is 0 Å². The Labute approximate surface area is 102 Å². The lowest BCUT2D eigenvalue weighted by atomic mass is 10.1. The summed E-state index contributed by atoms with van der Waals surface area (Å²) in [5.41, 5.74) is 7.18. The molecule has 0 aliphatic carbocycles. The molecule has 0 bridgehead atoms. The van der Waals surface area contributed by atoms with Crippen molar-refractivity contribution in [1.82, 2.24) is 19.9 Å². The van der Waals surface area contributed by atoms with Gasteiger partial charge >= 0.3 is 0 Å². The van der Waals surface area contributed by atoms with E-state index in [2.05, 4.69) is 19.9 Å². The van der Waals surface area contributed by atoms with Gasteiger partial charge in [-0.3, -0.25) is 0 Å². The molecule has 1 aromatic carbocycles. The zero-order valence-corrected chi connectivity index (χ0v) is 9.21. The van der Waals surface area contributed by atoms with Crippen LogP contribution in [0, 0.1) is 5.82 Å².